The highest BCUT2D eigenvalue weighted by Crippen LogP contribution is 2.32. The van der Waals surface area contributed by atoms with Gasteiger partial charge in [-0.05, 0) is 18.3 Å². The third-order valence-electron chi connectivity index (χ3n) is 3.45. The molecule has 3 N–H and O–H groups in total. The number of hydrogen-bond acceptors (Lipinski definition) is 2. The first-order chi connectivity index (χ1) is 6.63. The van der Waals surface area contributed by atoms with Crippen LogP contribution in [0.1, 0.15) is 45.4 Å². The van der Waals surface area contributed by atoms with Gasteiger partial charge in [0.1, 0.15) is 6.04 Å². The summed E-state index contributed by atoms with van der Waals surface area (Å²) in [6, 6.07) is -0.654. The Labute approximate surface area is 85.7 Å². The van der Waals surface area contributed by atoms with Crippen molar-refractivity contribution in [1.82, 2.24) is 0 Å². The molecule has 3 heteroatoms. The maximum Gasteiger partial charge on any atom is 0.320 e. The number of aliphatic carboxylic acids is 1. The number of carboxylic acid groups (broad SMARTS) is 1. The van der Waals surface area contributed by atoms with Gasteiger partial charge in [0.2, 0.25) is 0 Å². The van der Waals surface area contributed by atoms with Crippen molar-refractivity contribution in [3.05, 3.63) is 0 Å². The lowest BCUT2D eigenvalue weighted by molar-refractivity contribution is -0.139. The summed E-state index contributed by atoms with van der Waals surface area (Å²) in [6.45, 7) is 2.23. The molecule has 1 aliphatic carbocycles. The Morgan fingerprint density at radius 1 is 1.36 bits per heavy atom. The fourth-order valence-electron chi connectivity index (χ4n) is 2.34. The van der Waals surface area contributed by atoms with Crippen LogP contribution >= 0.6 is 0 Å². The summed E-state index contributed by atoms with van der Waals surface area (Å²) in [4.78, 5) is 10.6. The molecule has 0 aromatic carbocycles. The quantitative estimate of drug-likeness (QED) is 0.728. The van der Waals surface area contributed by atoms with Gasteiger partial charge in [0.25, 0.3) is 0 Å². The number of rotatable bonds is 4. The van der Waals surface area contributed by atoms with Gasteiger partial charge >= 0.3 is 5.97 Å². The van der Waals surface area contributed by atoms with E-state index in [0.29, 0.717) is 12.3 Å². The SMILES string of the molecule is CC[C@H]1CC[C@H](C[C@@H](N)C(=O)O)CC1. The van der Waals surface area contributed by atoms with Gasteiger partial charge in [-0.25, -0.2) is 0 Å². The third kappa shape index (κ3) is 3.29. The second-order valence-electron chi connectivity index (χ2n) is 4.48. The average molecular weight is 199 g/mol. The van der Waals surface area contributed by atoms with Crippen molar-refractivity contribution < 1.29 is 9.90 Å². The van der Waals surface area contributed by atoms with E-state index in [1.54, 1.807) is 0 Å². The summed E-state index contributed by atoms with van der Waals surface area (Å²) >= 11 is 0. The molecule has 0 saturated heterocycles. The minimum Gasteiger partial charge on any atom is -0.480 e. The van der Waals surface area contributed by atoms with Gasteiger partial charge in [0.05, 0.1) is 0 Å². The molecule has 1 aliphatic rings. The van der Waals surface area contributed by atoms with Crippen LogP contribution < -0.4 is 5.73 Å². The maximum absolute atomic E-state index is 10.6. The molecule has 0 aromatic rings. The molecule has 1 atom stereocenters. The van der Waals surface area contributed by atoms with Crippen molar-refractivity contribution in [3.8, 4) is 0 Å². The Kier molecular flexibility index (Phi) is 4.39. The molecule has 1 rings (SSSR count). The molecular formula is C11H21NO2. The van der Waals surface area contributed by atoms with Crippen molar-refractivity contribution in [3.63, 3.8) is 0 Å². The van der Waals surface area contributed by atoms with Gasteiger partial charge in [-0.1, -0.05) is 39.0 Å². The number of nitrogens with two attached hydrogens (primary N) is 1. The lowest BCUT2D eigenvalue weighted by Crippen LogP contribution is -2.33. The largest absolute Gasteiger partial charge is 0.480 e. The summed E-state index contributed by atoms with van der Waals surface area (Å²) in [7, 11) is 0. The molecular weight excluding hydrogens is 178 g/mol. The standard InChI is InChI=1S/C11H21NO2/c1-2-8-3-5-9(6-4-8)7-10(12)11(13)14/h8-10H,2-7,12H2,1H3,(H,13,14)/t8-,9-,10-/m1/s1. The first kappa shape index (κ1) is 11.5. The zero-order chi connectivity index (χ0) is 10.6. The predicted molar refractivity (Wildman–Crippen MR) is 56.0 cm³/mol. The molecule has 0 heterocycles. The second kappa shape index (κ2) is 5.35. The summed E-state index contributed by atoms with van der Waals surface area (Å²) < 4.78 is 0. The van der Waals surface area contributed by atoms with Crippen LogP contribution in [0.3, 0.4) is 0 Å². The zero-order valence-electron chi connectivity index (χ0n) is 8.91. The smallest absolute Gasteiger partial charge is 0.320 e. The highest BCUT2D eigenvalue weighted by atomic mass is 16.4. The Morgan fingerprint density at radius 3 is 2.29 bits per heavy atom. The molecule has 0 bridgehead atoms. The number of hydrogen-bond donors (Lipinski definition) is 2. The molecule has 0 radical (unpaired) electrons. The van der Waals surface area contributed by atoms with Crippen LogP contribution in [0.15, 0.2) is 0 Å². The number of carbonyl (C=O) groups is 1. The third-order valence-corrected chi connectivity index (χ3v) is 3.45. The molecule has 0 amide bonds. The van der Waals surface area contributed by atoms with E-state index in [9.17, 15) is 4.79 Å². The van der Waals surface area contributed by atoms with E-state index in [-0.39, 0.29) is 0 Å². The molecule has 1 fully saturated rings. The van der Waals surface area contributed by atoms with Gasteiger partial charge in [0, 0.05) is 0 Å². The van der Waals surface area contributed by atoms with Crippen LogP contribution in [-0.2, 0) is 4.79 Å². The fourth-order valence-corrected chi connectivity index (χ4v) is 2.34. The average Bonchev–Trinajstić information content (AvgIpc) is 2.19. The van der Waals surface area contributed by atoms with Crippen LogP contribution in [0.25, 0.3) is 0 Å². The predicted octanol–water partition coefficient (Wildman–Crippen LogP) is 2.00. The molecule has 14 heavy (non-hydrogen) atoms. The zero-order valence-corrected chi connectivity index (χ0v) is 8.91. The van der Waals surface area contributed by atoms with Crippen molar-refractivity contribution in [2.24, 2.45) is 17.6 Å². The Balaban J connectivity index is 2.25. The van der Waals surface area contributed by atoms with Gasteiger partial charge < -0.3 is 10.8 Å². The van der Waals surface area contributed by atoms with Crippen molar-refractivity contribution in [2.75, 3.05) is 0 Å². The highest BCUT2D eigenvalue weighted by molar-refractivity contribution is 5.73. The van der Waals surface area contributed by atoms with Gasteiger partial charge in [-0.15, -0.1) is 0 Å². The molecule has 0 spiro atoms. The van der Waals surface area contributed by atoms with Gasteiger partial charge in [-0.3, -0.25) is 4.79 Å². The van der Waals surface area contributed by atoms with Crippen LogP contribution in [-0.4, -0.2) is 17.1 Å². The van der Waals surface area contributed by atoms with E-state index in [0.717, 1.165) is 5.92 Å². The lowest BCUT2D eigenvalue weighted by atomic mass is 9.78. The van der Waals surface area contributed by atoms with E-state index in [4.69, 9.17) is 10.8 Å². The minimum atomic E-state index is -0.859. The number of carboxylic acids is 1. The summed E-state index contributed by atoms with van der Waals surface area (Å²) in [5.41, 5.74) is 5.51. The Morgan fingerprint density at radius 2 is 1.86 bits per heavy atom. The van der Waals surface area contributed by atoms with Crippen molar-refractivity contribution >= 4 is 5.97 Å². The molecule has 1 saturated carbocycles. The Hall–Kier alpha value is -0.570. The van der Waals surface area contributed by atoms with E-state index in [1.807, 2.05) is 0 Å². The fraction of sp³-hybridized carbons (Fsp3) is 0.909. The summed E-state index contributed by atoms with van der Waals surface area (Å²) in [6.07, 6.45) is 6.77. The molecule has 3 nitrogen and oxygen atoms in total. The van der Waals surface area contributed by atoms with Crippen LogP contribution in [0.5, 0.6) is 0 Å². The monoisotopic (exact) mass is 199 g/mol. The normalized spacial score (nSPS) is 29.9. The van der Waals surface area contributed by atoms with Crippen LogP contribution in [0, 0.1) is 11.8 Å². The Bertz CT molecular complexity index is 186. The van der Waals surface area contributed by atoms with E-state index < -0.39 is 12.0 Å². The molecule has 0 aliphatic heterocycles. The van der Waals surface area contributed by atoms with E-state index >= 15 is 0 Å². The summed E-state index contributed by atoms with van der Waals surface area (Å²) in [5.74, 6) is 0.554. The lowest BCUT2D eigenvalue weighted by Gasteiger charge is -2.28. The van der Waals surface area contributed by atoms with Gasteiger partial charge in [0.15, 0.2) is 0 Å². The summed E-state index contributed by atoms with van der Waals surface area (Å²) in [5, 5.41) is 8.69. The second-order valence-corrected chi connectivity index (χ2v) is 4.48. The maximum atomic E-state index is 10.6. The highest BCUT2D eigenvalue weighted by Gasteiger charge is 2.23. The first-order valence-electron chi connectivity index (χ1n) is 5.61. The minimum absolute atomic E-state index is 0.545. The topological polar surface area (TPSA) is 63.3 Å². The van der Waals surface area contributed by atoms with E-state index in [1.165, 1.54) is 32.1 Å². The molecule has 82 valence electrons. The van der Waals surface area contributed by atoms with Crippen LogP contribution in [0.2, 0.25) is 0 Å². The first-order valence-corrected chi connectivity index (χ1v) is 5.61. The van der Waals surface area contributed by atoms with Crippen LogP contribution in [0.4, 0.5) is 0 Å². The van der Waals surface area contributed by atoms with E-state index in [2.05, 4.69) is 6.92 Å². The van der Waals surface area contributed by atoms with Crippen molar-refractivity contribution in [1.29, 1.82) is 0 Å². The van der Waals surface area contributed by atoms with Crippen molar-refractivity contribution in [2.45, 2.75) is 51.5 Å². The van der Waals surface area contributed by atoms with Gasteiger partial charge in [-0.2, -0.15) is 0 Å². The molecule has 0 aromatic heterocycles. The molecule has 0 unspecified atom stereocenters.